The van der Waals surface area contributed by atoms with E-state index in [-0.39, 0.29) is 23.7 Å². The molecule has 1 aromatic rings. The lowest BCUT2D eigenvalue weighted by Gasteiger charge is -2.63. The molecule has 2 heterocycles. The smallest absolute Gasteiger partial charge is 0.174 e. The van der Waals surface area contributed by atoms with Crippen LogP contribution in [0.25, 0.3) is 0 Å². The summed E-state index contributed by atoms with van der Waals surface area (Å²) in [4.78, 5) is 15.0. The number of ketones is 1. The van der Waals surface area contributed by atoms with Crippen LogP contribution in [0.5, 0.6) is 11.5 Å². The number of carbonyl (C=O) groups is 1. The maximum absolute atomic E-state index is 12.7. The van der Waals surface area contributed by atoms with Gasteiger partial charge in [0.25, 0.3) is 0 Å². The number of phenolic OH excluding ortho intramolecular Hbond substituents is 1. The fourth-order valence-corrected chi connectivity index (χ4v) is 6.33. The van der Waals surface area contributed by atoms with E-state index >= 15 is 0 Å². The van der Waals surface area contributed by atoms with Crippen molar-refractivity contribution in [3.05, 3.63) is 23.3 Å². The Bertz CT molecular complexity index is 836. The van der Waals surface area contributed by atoms with Gasteiger partial charge in [-0.15, -0.1) is 0 Å². The van der Waals surface area contributed by atoms with Gasteiger partial charge in [-0.3, -0.25) is 9.69 Å². The summed E-state index contributed by atoms with van der Waals surface area (Å²) in [6.07, 6.45) is 2.00. The van der Waals surface area contributed by atoms with E-state index in [0.717, 1.165) is 13.1 Å². The second kappa shape index (κ2) is 4.61. The topological polar surface area (TPSA) is 90.2 Å². The molecule has 2 aliphatic heterocycles. The number of benzene rings is 1. The summed E-state index contributed by atoms with van der Waals surface area (Å²) in [5, 5.41) is 33.6. The van der Waals surface area contributed by atoms with Crippen LogP contribution in [0.1, 0.15) is 49.3 Å². The van der Waals surface area contributed by atoms with E-state index < -0.39 is 29.3 Å². The first kappa shape index (κ1) is 15.4. The Morgan fingerprint density at radius 2 is 2.08 bits per heavy atom. The van der Waals surface area contributed by atoms with Crippen molar-refractivity contribution >= 4 is 5.78 Å². The minimum absolute atomic E-state index is 0.0120. The molecule has 138 valence electrons. The normalized spacial score (nSPS) is 43.2. The fraction of sp³-hybridized carbons (Fsp3) is 0.650. The third-order valence-electron chi connectivity index (χ3n) is 7.60. The Kier molecular flexibility index (Phi) is 2.74. The first-order valence-electron chi connectivity index (χ1n) is 9.67. The van der Waals surface area contributed by atoms with Gasteiger partial charge in [0.1, 0.15) is 0 Å². The van der Waals surface area contributed by atoms with Crippen LogP contribution >= 0.6 is 0 Å². The van der Waals surface area contributed by atoms with Gasteiger partial charge in [-0.1, -0.05) is 6.07 Å². The number of phenols is 1. The summed E-state index contributed by atoms with van der Waals surface area (Å²) in [5.74, 6) is 0.905. The second-order valence-corrected chi connectivity index (χ2v) is 8.82. The van der Waals surface area contributed by atoms with E-state index in [0.29, 0.717) is 29.9 Å². The molecule has 6 heteroatoms. The van der Waals surface area contributed by atoms with Crippen LogP contribution < -0.4 is 4.74 Å². The van der Waals surface area contributed by atoms with Crippen molar-refractivity contribution in [3.8, 4) is 11.5 Å². The van der Waals surface area contributed by atoms with Crippen LogP contribution in [-0.4, -0.2) is 56.8 Å². The van der Waals surface area contributed by atoms with E-state index in [9.17, 15) is 20.1 Å². The van der Waals surface area contributed by atoms with Crippen LogP contribution in [0.3, 0.4) is 0 Å². The van der Waals surface area contributed by atoms with E-state index in [4.69, 9.17) is 4.74 Å². The number of likely N-dealkylation sites (tertiary alicyclic amines) is 1. The highest BCUT2D eigenvalue weighted by Crippen LogP contribution is 2.66. The quantitative estimate of drug-likeness (QED) is 0.732. The summed E-state index contributed by atoms with van der Waals surface area (Å²) in [7, 11) is 0. The van der Waals surface area contributed by atoms with Crippen LogP contribution in [0.4, 0.5) is 0 Å². The van der Waals surface area contributed by atoms with Crippen molar-refractivity contribution in [1.82, 2.24) is 4.90 Å². The molecule has 2 saturated carbocycles. The average Bonchev–Trinajstić information content (AvgIpc) is 3.35. The highest BCUT2D eigenvalue weighted by Gasteiger charge is 2.74. The van der Waals surface area contributed by atoms with Gasteiger partial charge in [-0.25, -0.2) is 0 Å². The zero-order chi connectivity index (χ0) is 17.8. The zero-order valence-electron chi connectivity index (χ0n) is 14.5. The molecule has 1 saturated heterocycles. The number of nitrogens with zero attached hydrogens (tertiary/aromatic N) is 1. The molecule has 3 aliphatic carbocycles. The number of Topliss-reactive ketones (excluding diaryl/α,β-unsaturated/α-hetero) is 1. The minimum atomic E-state index is -1.22. The second-order valence-electron chi connectivity index (χ2n) is 8.82. The molecule has 0 aromatic heterocycles. The van der Waals surface area contributed by atoms with Crippen molar-refractivity contribution in [2.24, 2.45) is 5.92 Å². The van der Waals surface area contributed by atoms with Crippen LogP contribution in [0.2, 0.25) is 0 Å². The van der Waals surface area contributed by atoms with Gasteiger partial charge in [0, 0.05) is 18.5 Å². The number of carbonyl (C=O) groups excluding carboxylic acids is 1. The Morgan fingerprint density at radius 3 is 2.85 bits per heavy atom. The minimum Gasteiger partial charge on any atom is -0.504 e. The summed E-state index contributed by atoms with van der Waals surface area (Å²) < 4.78 is 5.97. The molecule has 1 unspecified atom stereocenters. The lowest BCUT2D eigenvalue weighted by molar-refractivity contribution is -0.211. The van der Waals surface area contributed by atoms with Crippen LogP contribution in [0.15, 0.2) is 12.1 Å². The molecular weight excluding hydrogens is 334 g/mol. The molecule has 0 amide bonds. The lowest BCUT2D eigenvalue weighted by Crippen LogP contribution is -2.77. The molecule has 5 atom stereocenters. The first-order chi connectivity index (χ1) is 12.5. The third-order valence-corrected chi connectivity index (χ3v) is 7.60. The van der Waals surface area contributed by atoms with Crippen molar-refractivity contribution in [3.63, 3.8) is 0 Å². The molecule has 26 heavy (non-hydrogen) atoms. The average molecular weight is 357 g/mol. The fourth-order valence-electron chi connectivity index (χ4n) is 6.33. The zero-order valence-corrected chi connectivity index (χ0v) is 14.5. The third kappa shape index (κ3) is 1.54. The Balaban J connectivity index is 1.61. The number of rotatable bonds is 2. The van der Waals surface area contributed by atoms with E-state index in [1.807, 2.05) is 0 Å². The number of hydrogen-bond donors (Lipinski definition) is 3. The van der Waals surface area contributed by atoms with E-state index in [2.05, 4.69) is 4.90 Å². The number of hydrogen-bond acceptors (Lipinski definition) is 6. The highest BCUT2D eigenvalue weighted by atomic mass is 16.5. The van der Waals surface area contributed by atoms with Gasteiger partial charge >= 0.3 is 0 Å². The largest absolute Gasteiger partial charge is 0.504 e. The maximum Gasteiger partial charge on any atom is 0.174 e. The molecule has 1 aromatic carbocycles. The van der Waals surface area contributed by atoms with Crippen molar-refractivity contribution in [2.75, 3.05) is 13.1 Å². The van der Waals surface area contributed by atoms with Gasteiger partial charge in [0.2, 0.25) is 0 Å². The van der Waals surface area contributed by atoms with Crippen molar-refractivity contribution in [2.45, 2.75) is 61.4 Å². The van der Waals surface area contributed by atoms with Crippen LogP contribution in [0, 0.1) is 5.92 Å². The number of ether oxygens (including phenoxy) is 1. The number of piperidine rings is 1. The summed E-state index contributed by atoms with van der Waals surface area (Å²) in [6.45, 7) is 1.61. The lowest BCUT2D eigenvalue weighted by atomic mass is 9.48. The van der Waals surface area contributed by atoms with Crippen molar-refractivity contribution < 1.29 is 24.9 Å². The van der Waals surface area contributed by atoms with Crippen molar-refractivity contribution in [1.29, 1.82) is 0 Å². The predicted octanol–water partition coefficient (Wildman–Crippen LogP) is 1.02. The highest BCUT2D eigenvalue weighted by molar-refractivity contribution is 5.90. The Labute approximate surface area is 151 Å². The summed E-state index contributed by atoms with van der Waals surface area (Å²) in [5.41, 5.74) is -0.696. The monoisotopic (exact) mass is 357 g/mol. The molecule has 5 aliphatic rings. The molecule has 3 N–H and O–H groups in total. The number of aromatic hydroxyl groups is 1. The molecule has 2 bridgehead atoms. The standard InChI is InChI=1S/C20H23NO5/c22-12-4-3-11-14-16(12)26-18-13(23)5-6-20(25)17(15(11)24)21(9-10-1-2-10)8-7-19(14,18)20/h3-4,10,15,17-18,22,24-25H,1-2,5-9H2/t15?,17-,18+,19+,20-/m1/s1. The maximum atomic E-state index is 12.7. The van der Waals surface area contributed by atoms with Gasteiger partial charge < -0.3 is 20.1 Å². The van der Waals surface area contributed by atoms with Gasteiger partial charge in [0.15, 0.2) is 23.4 Å². The number of aliphatic hydroxyl groups excluding tert-OH is 1. The van der Waals surface area contributed by atoms with E-state index in [1.165, 1.54) is 18.9 Å². The van der Waals surface area contributed by atoms with Crippen LogP contribution in [-0.2, 0) is 10.2 Å². The van der Waals surface area contributed by atoms with E-state index in [1.54, 1.807) is 6.07 Å². The summed E-state index contributed by atoms with van der Waals surface area (Å²) in [6, 6.07) is 2.83. The number of aliphatic hydroxyl groups is 2. The molecular formula is C20H23NO5. The molecule has 3 fully saturated rings. The predicted molar refractivity (Wildman–Crippen MR) is 91.1 cm³/mol. The van der Waals surface area contributed by atoms with Gasteiger partial charge in [0.05, 0.1) is 23.2 Å². The molecule has 6 rings (SSSR count). The van der Waals surface area contributed by atoms with Gasteiger partial charge in [-0.2, -0.15) is 0 Å². The molecule has 0 radical (unpaired) electrons. The Morgan fingerprint density at radius 1 is 1.27 bits per heavy atom. The summed E-state index contributed by atoms with van der Waals surface area (Å²) >= 11 is 0. The first-order valence-corrected chi connectivity index (χ1v) is 9.67. The Hall–Kier alpha value is -1.63. The molecule has 6 nitrogen and oxygen atoms in total. The molecule has 1 spiro atoms. The van der Waals surface area contributed by atoms with Gasteiger partial charge in [-0.05, 0) is 49.8 Å². The SMILES string of the molecule is O=C1CC[C@@]2(O)[C@H]3C(O)c4ccc(O)c5c4[C@@]2(CCN3CC2CC2)[C@H]1O5.